The third-order valence-electron chi connectivity index (χ3n) is 5.26. The Balaban J connectivity index is 1.47. The molecule has 5 nitrogen and oxygen atoms in total. The lowest BCUT2D eigenvalue weighted by Crippen LogP contribution is -2.43. The number of benzene rings is 2. The quantitative estimate of drug-likeness (QED) is 0.662. The summed E-state index contributed by atoms with van der Waals surface area (Å²) in [5.41, 5.74) is 1.65. The van der Waals surface area contributed by atoms with Crippen molar-refractivity contribution >= 4 is 0 Å². The summed E-state index contributed by atoms with van der Waals surface area (Å²) in [6.45, 7) is 3.32. The monoisotopic (exact) mass is 402 g/mol. The molecule has 0 bridgehead atoms. The van der Waals surface area contributed by atoms with Crippen LogP contribution >= 0.6 is 0 Å². The fourth-order valence-corrected chi connectivity index (χ4v) is 3.91. The van der Waals surface area contributed by atoms with Gasteiger partial charge in [-0.1, -0.05) is 24.3 Å². The lowest BCUT2D eigenvalue weighted by molar-refractivity contribution is 0.0162. The van der Waals surface area contributed by atoms with Gasteiger partial charge in [-0.15, -0.1) is 0 Å². The van der Waals surface area contributed by atoms with E-state index in [9.17, 15) is 9.50 Å². The van der Waals surface area contributed by atoms with Crippen LogP contribution in [0, 0.1) is 0 Å². The summed E-state index contributed by atoms with van der Waals surface area (Å²) >= 11 is 0. The van der Waals surface area contributed by atoms with Crippen LogP contribution in [0.2, 0.25) is 0 Å². The van der Waals surface area contributed by atoms with Crippen LogP contribution in [0.3, 0.4) is 0 Å². The van der Waals surface area contributed by atoms with Crippen LogP contribution in [-0.2, 0) is 13.1 Å². The van der Waals surface area contributed by atoms with Gasteiger partial charge in [-0.2, -0.15) is 0 Å². The fourth-order valence-electron chi connectivity index (χ4n) is 3.91. The highest BCUT2D eigenvalue weighted by molar-refractivity contribution is 5.28. The summed E-state index contributed by atoms with van der Waals surface area (Å²) in [5, 5.41) is 11.1. The first kappa shape index (κ1) is 21.6. The molecule has 2 aromatic carbocycles. The zero-order valence-electron chi connectivity index (χ0n) is 17.3. The second-order valence-corrected chi connectivity index (χ2v) is 7.89. The zero-order chi connectivity index (χ0) is 20.7. The number of likely N-dealkylation sites (N-methyl/N-ethyl adjacent to an activating group) is 1. The Bertz CT molecular complexity index is 754. The largest absolute Gasteiger partial charge is 0.497 e. The van der Waals surface area contributed by atoms with Gasteiger partial charge in [0, 0.05) is 32.7 Å². The highest BCUT2D eigenvalue weighted by Crippen LogP contribution is 2.25. The number of β-amino-alcohol motifs (C(OH)–C–C–N with tert-alkyl or cyclic N) is 1. The number of methoxy groups -OCH3 is 1. The molecule has 0 aliphatic carbocycles. The van der Waals surface area contributed by atoms with Crippen LogP contribution in [0.4, 0.5) is 4.39 Å². The SMILES string of the molecule is COc1ccc(CN(C)CC2(O)CCN(Cc3ccc(OCCF)cc3)C2)cc1. The lowest BCUT2D eigenvalue weighted by Gasteiger charge is -2.29. The minimum absolute atomic E-state index is 0.0859. The van der Waals surface area contributed by atoms with Gasteiger partial charge in [-0.05, 0) is 48.9 Å². The minimum Gasteiger partial charge on any atom is -0.497 e. The number of likely N-dealkylation sites (tertiary alicyclic amines) is 1. The normalized spacial score (nSPS) is 19.6. The average molecular weight is 403 g/mol. The van der Waals surface area contributed by atoms with E-state index < -0.39 is 12.3 Å². The van der Waals surface area contributed by atoms with Crippen LogP contribution in [-0.4, -0.2) is 67.6 Å². The van der Waals surface area contributed by atoms with Crippen LogP contribution in [0.1, 0.15) is 17.5 Å². The molecule has 1 saturated heterocycles. The van der Waals surface area contributed by atoms with Crippen molar-refractivity contribution in [1.82, 2.24) is 9.80 Å². The number of halogens is 1. The Hall–Kier alpha value is -2.15. The van der Waals surface area contributed by atoms with Crippen molar-refractivity contribution in [2.75, 3.05) is 47.1 Å². The minimum atomic E-state index is -0.703. The second kappa shape index (κ2) is 10.1. The fraction of sp³-hybridized carbons (Fsp3) is 0.478. The molecule has 1 N–H and O–H groups in total. The maximum atomic E-state index is 12.2. The van der Waals surface area contributed by atoms with E-state index in [0.717, 1.165) is 37.4 Å². The van der Waals surface area contributed by atoms with Gasteiger partial charge >= 0.3 is 0 Å². The van der Waals surface area contributed by atoms with Crippen LogP contribution in [0.5, 0.6) is 11.5 Å². The molecule has 158 valence electrons. The molecular formula is C23H31FN2O3. The van der Waals surface area contributed by atoms with Gasteiger partial charge in [0.05, 0.1) is 12.7 Å². The molecule has 1 aliphatic rings. The van der Waals surface area contributed by atoms with E-state index in [-0.39, 0.29) is 6.61 Å². The van der Waals surface area contributed by atoms with Crippen LogP contribution in [0.25, 0.3) is 0 Å². The van der Waals surface area contributed by atoms with E-state index in [1.807, 2.05) is 43.4 Å². The molecule has 6 heteroatoms. The van der Waals surface area contributed by atoms with Gasteiger partial charge in [-0.3, -0.25) is 9.80 Å². The number of hydrogen-bond acceptors (Lipinski definition) is 5. The van der Waals surface area contributed by atoms with Gasteiger partial charge in [0.25, 0.3) is 0 Å². The standard InChI is InChI=1S/C23H31FN2O3/c1-25(15-19-3-7-21(28-2)8-4-19)17-23(27)11-13-26(18-23)16-20-5-9-22(10-6-20)29-14-12-24/h3-10,27H,11-18H2,1-2H3. The molecule has 1 aliphatic heterocycles. The smallest absolute Gasteiger partial charge is 0.123 e. The van der Waals surface area contributed by atoms with Gasteiger partial charge in [0.2, 0.25) is 0 Å². The highest BCUT2D eigenvalue weighted by atomic mass is 19.1. The summed E-state index contributed by atoms with van der Waals surface area (Å²) in [6.07, 6.45) is 0.762. The number of nitrogens with zero attached hydrogens (tertiary/aromatic N) is 2. The average Bonchev–Trinajstić information content (AvgIpc) is 3.07. The van der Waals surface area contributed by atoms with E-state index in [4.69, 9.17) is 9.47 Å². The molecule has 0 saturated carbocycles. The summed E-state index contributed by atoms with van der Waals surface area (Å²) in [5.74, 6) is 1.54. The van der Waals surface area contributed by atoms with Crippen molar-refractivity contribution in [2.24, 2.45) is 0 Å². The summed E-state index contributed by atoms with van der Waals surface area (Å²) < 4.78 is 22.7. The molecule has 0 aromatic heterocycles. The summed E-state index contributed by atoms with van der Waals surface area (Å²) in [7, 11) is 3.71. The zero-order valence-corrected chi connectivity index (χ0v) is 17.3. The maximum Gasteiger partial charge on any atom is 0.123 e. The van der Waals surface area contributed by atoms with E-state index in [0.29, 0.717) is 18.8 Å². The number of hydrogen-bond donors (Lipinski definition) is 1. The molecule has 2 aromatic rings. The Morgan fingerprint density at radius 1 is 1.07 bits per heavy atom. The first-order valence-corrected chi connectivity index (χ1v) is 10.0. The number of ether oxygens (including phenoxy) is 2. The van der Waals surface area contributed by atoms with Crippen molar-refractivity contribution < 1.29 is 19.0 Å². The van der Waals surface area contributed by atoms with Crippen molar-refractivity contribution in [1.29, 1.82) is 0 Å². The van der Waals surface area contributed by atoms with Crippen molar-refractivity contribution in [3.05, 3.63) is 59.7 Å². The van der Waals surface area contributed by atoms with Crippen molar-refractivity contribution in [3.8, 4) is 11.5 Å². The van der Waals surface area contributed by atoms with Crippen LogP contribution in [0.15, 0.2) is 48.5 Å². The highest BCUT2D eigenvalue weighted by Gasteiger charge is 2.36. The Morgan fingerprint density at radius 3 is 2.38 bits per heavy atom. The molecule has 0 amide bonds. The number of aliphatic hydroxyl groups is 1. The third kappa shape index (κ3) is 6.42. The molecule has 3 rings (SSSR count). The first-order valence-electron chi connectivity index (χ1n) is 10.0. The number of alkyl halides is 1. The molecule has 0 radical (unpaired) electrons. The van der Waals surface area contributed by atoms with Crippen molar-refractivity contribution in [2.45, 2.75) is 25.1 Å². The van der Waals surface area contributed by atoms with E-state index in [1.54, 1.807) is 7.11 Å². The summed E-state index contributed by atoms with van der Waals surface area (Å²) in [6, 6.07) is 15.8. The second-order valence-electron chi connectivity index (χ2n) is 7.89. The molecular weight excluding hydrogens is 371 g/mol. The molecule has 0 spiro atoms. The van der Waals surface area contributed by atoms with Gasteiger partial charge in [0.1, 0.15) is 24.8 Å². The number of rotatable bonds is 10. The summed E-state index contributed by atoms with van der Waals surface area (Å²) in [4.78, 5) is 4.45. The van der Waals surface area contributed by atoms with E-state index in [2.05, 4.69) is 21.9 Å². The lowest BCUT2D eigenvalue weighted by atomic mass is 10.0. The molecule has 1 unspecified atom stereocenters. The Kier molecular flexibility index (Phi) is 7.47. The van der Waals surface area contributed by atoms with E-state index >= 15 is 0 Å². The van der Waals surface area contributed by atoms with E-state index in [1.165, 1.54) is 5.56 Å². The molecule has 1 heterocycles. The van der Waals surface area contributed by atoms with Gasteiger partial charge in [0.15, 0.2) is 0 Å². The Morgan fingerprint density at radius 2 is 1.72 bits per heavy atom. The van der Waals surface area contributed by atoms with Crippen molar-refractivity contribution in [3.63, 3.8) is 0 Å². The van der Waals surface area contributed by atoms with Gasteiger partial charge < -0.3 is 14.6 Å². The predicted molar refractivity (Wildman–Crippen MR) is 112 cm³/mol. The Labute approximate surface area is 172 Å². The topological polar surface area (TPSA) is 45.2 Å². The molecule has 29 heavy (non-hydrogen) atoms. The molecule has 1 atom stereocenters. The third-order valence-corrected chi connectivity index (χ3v) is 5.26. The van der Waals surface area contributed by atoms with Crippen LogP contribution < -0.4 is 9.47 Å². The predicted octanol–water partition coefficient (Wildman–Crippen LogP) is 3.11. The maximum absolute atomic E-state index is 12.2. The van der Waals surface area contributed by atoms with Gasteiger partial charge in [-0.25, -0.2) is 4.39 Å². The first-order chi connectivity index (χ1) is 14.0. The molecule has 1 fully saturated rings.